The number of H-pyrrole nitrogens is 1. The first-order valence-electron chi connectivity index (χ1n) is 6.13. The Morgan fingerprint density at radius 3 is 2.94 bits per heavy atom. The molecule has 0 bridgehead atoms. The van der Waals surface area contributed by atoms with Gasteiger partial charge in [-0.2, -0.15) is 0 Å². The molecule has 2 aromatic rings. The van der Waals surface area contributed by atoms with Crippen molar-refractivity contribution in [3.8, 4) is 0 Å². The second kappa shape index (κ2) is 6.01. The Labute approximate surface area is 111 Å². The molecular formula is C14H16ClFN2. The van der Waals surface area contributed by atoms with Crippen LogP contribution in [0, 0.1) is 5.82 Å². The molecule has 1 N–H and O–H groups in total. The number of imidazole rings is 1. The minimum atomic E-state index is -0.294. The van der Waals surface area contributed by atoms with Gasteiger partial charge in [0.1, 0.15) is 5.82 Å². The summed E-state index contributed by atoms with van der Waals surface area (Å²) in [6.07, 6.45) is 6.12. The van der Waals surface area contributed by atoms with Crippen molar-refractivity contribution in [1.29, 1.82) is 0 Å². The van der Waals surface area contributed by atoms with Crippen molar-refractivity contribution in [3.63, 3.8) is 0 Å². The number of hydrogen-bond donors (Lipinski definition) is 1. The lowest BCUT2D eigenvalue weighted by Gasteiger charge is -2.17. The first kappa shape index (κ1) is 13.1. The Kier molecular flexibility index (Phi) is 4.37. The van der Waals surface area contributed by atoms with Gasteiger partial charge in [0.15, 0.2) is 0 Å². The van der Waals surface area contributed by atoms with Gasteiger partial charge < -0.3 is 4.98 Å². The van der Waals surface area contributed by atoms with E-state index >= 15 is 0 Å². The molecular weight excluding hydrogens is 251 g/mol. The predicted octanol–water partition coefficient (Wildman–Crippen LogP) is 4.33. The third-order valence-corrected chi connectivity index (χ3v) is 3.37. The number of hydrogen-bond acceptors (Lipinski definition) is 1. The molecule has 4 heteroatoms. The molecule has 96 valence electrons. The summed E-state index contributed by atoms with van der Waals surface area (Å²) in [7, 11) is 0. The number of rotatable bonds is 5. The first-order chi connectivity index (χ1) is 8.72. The van der Waals surface area contributed by atoms with E-state index in [4.69, 9.17) is 11.6 Å². The summed E-state index contributed by atoms with van der Waals surface area (Å²) >= 11 is 5.84. The number of aromatic amines is 1. The Hall–Kier alpha value is -1.35. The van der Waals surface area contributed by atoms with Crippen molar-refractivity contribution >= 4 is 11.6 Å². The molecule has 1 aromatic carbocycles. The molecule has 0 fully saturated rings. The monoisotopic (exact) mass is 266 g/mol. The molecule has 1 aromatic heterocycles. The van der Waals surface area contributed by atoms with E-state index in [0.717, 1.165) is 25.0 Å². The van der Waals surface area contributed by atoms with Crippen molar-refractivity contribution in [2.75, 3.05) is 0 Å². The van der Waals surface area contributed by atoms with Crippen LogP contribution in [0.25, 0.3) is 0 Å². The summed E-state index contributed by atoms with van der Waals surface area (Å²) in [5.41, 5.74) is 1.71. The van der Waals surface area contributed by atoms with Gasteiger partial charge >= 0.3 is 0 Å². The Bertz CT molecular complexity index is 497. The summed E-state index contributed by atoms with van der Waals surface area (Å²) in [5, 5.41) is 0.193. The minimum absolute atomic E-state index is 0.133. The quantitative estimate of drug-likeness (QED) is 0.857. The molecule has 1 unspecified atom stereocenters. The number of nitrogens with one attached hydrogen (secondary N) is 1. The highest BCUT2D eigenvalue weighted by atomic mass is 35.5. The van der Waals surface area contributed by atoms with Crippen LogP contribution in [0.3, 0.4) is 0 Å². The average Bonchev–Trinajstić information content (AvgIpc) is 2.85. The highest BCUT2D eigenvalue weighted by Crippen LogP contribution is 2.30. The molecule has 1 atom stereocenters. The van der Waals surface area contributed by atoms with Gasteiger partial charge in [-0.3, -0.25) is 0 Å². The lowest BCUT2D eigenvalue weighted by Crippen LogP contribution is -2.06. The molecule has 0 radical (unpaired) electrons. The van der Waals surface area contributed by atoms with Crippen LogP contribution in [-0.2, 0) is 6.42 Å². The van der Waals surface area contributed by atoms with Crippen LogP contribution in [0.1, 0.15) is 36.9 Å². The smallest absolute Gasteiger partial charge is 0.145 e. The van der Waals surface area contributed by atoms with E-state index in [1.807, 2.05) is 6.07 Å². The molecule has 0 aliphatic rings. The molecule has 0 aliphatic carbocycles. The Morgan fingerprint density at radius 2 is 2.28 bits per heavy atom. The number of nitrogens with zero attached hydrogens (tertiary/aromatic N) is 1. The Balaban J connectivity index is 2.26. The molecule has 18 heavy (non-hydrogen) atoms. The lowest BCUT2D eigenvalue weighted by atomic mass is 9.90. The third-order valence-electron chi connectivity index (χ3n) is 3.08. The highest BCUT2D eigenvalue weighted by Gasteiger charge is 2.17. The van der Waals surface area contributed by atoms with E-state index in [1.54, 1.807) is 24.7 Å². The fourth-order valence-corrected chi connectivity index (χ4v) is 2.40. The van der Waals surface area contributed by atoms with Gasteiger partial charge in [0.05, 0.1) is 11.3 Å². The van der Waals surface area contributed by atoms with E-state index in [9.17, 15) is 4.39 Å². The number of aromatic nitrogens is 2. The van der Waals surface area contributed by atoms with Crippen LogP contribution in [0.4, 0.5) is 4.39 Å². The van der Waals surface area contributed by atoms with Crippen LogP contribution < -0.4 is 0 Å². The zero-order chi connectivity index (χ0) is 13.0. The van der Waals surface area contributed by atoms with Crippen molar-refractivity contribution in [1.82, 2.24) is 9.97 Å². The topological polar surface area (TPSA) is 28.7 Å². The largest absolute Gasteiger partial charge is 0.348 e. The first-order valence-corrected chi connectivity index (χ1v) is 6.51. The second-order valence-electron chi connectivity index (χ2n) is 4.41. The molecule has 1 heterocycles. The van der Waals surface area contributed by atoms with Crippen molar-refractivity contribution in [2.24, 2.45) is 0 Å². The number of benzene rings is 1. The van der Waals surface area contributed by atoms with Crippen molar-refractivity contribution < 1.29 is 4.39 Å². The van der Waals surface area contributed by atoms with Gasteiger partial charge in [0.2, 0.25) is 0 Å². The second-order valence-corrected chi connectivity index (χ2v) is 4.82. The SMILES string of the molecule is CCCC(Cc1cnc[nH]1)c1cccc(Cl)c1F. The van der Waals surface area contributed by atoms with Gasteiger partial charge in [-0.05, 0) is 30.4 Å². The molecule has 0 spiro atoms. The fourth-order valence-electron chi connectivity index (χ4n) is 2.21. The standard InChI is InChI=1S/C14H16ClFN2/c1-2-4-10(7-11-8-17-9-18-11)12-5-3-6-13(15)14(12)16/h3,5-6,8-10H,2,4,7H2,1H3,(H,17,18). The van der Waals surface area contributed by atoms with Crippen LogP contribution in [0.15, 0.2) is 30.7 Å². The van der Waals surface area contributed by atoms with Crippen molar-refractivity contribution in [2.45, 2.75) is 32.1 Å². The van der Waals surface area contributed by atoms with E-state index in [-0.39, 0.29) is 16.8 Å². The van der Waals surface area contributed by atoms with Gasteiger partial charge in [0.25, 0.3) is 0 Å². The maximum atomic E-state index is 14.0. The van der Waals surface area contributed by atoms with Crippen LogP contribution >= 0.6 is 11.6 Å². The minimum Gasteiger partial charge on any atom is -0.348 e. The summed E-state index contributed by atoms with van der Waals surface area (Å²) < 4.78 is 14.0. The van der Waals surface area contributed by atoms with Gasteiger partial charge in [-0.15, -0.1) is 0 Å². The van der Waals surface area contributed by atoms with Gasteiger partial charge in [-0.1, -0.05) is 37.1 Å². The van der Waals surface area contributed by atoms with E-state index in [1.165, 1.54) is 0 Å². The van der Waals surface area contributed by atoms with E-state index < -0.39 is 0 Å². The average molecular weight is 267 g/mol. The highest BCUT2D eigenvalue weighted by molar-refractivity contribution is 6.30. The zero-order valence-corrected chi connectivity index (χ0v) is 11.0. The van der Waals surface area contributed by atoms with Gasteiger partial charge in [0, 0.05) is 11.9 Å². The molecule has 0 aliphatic heterocycles. The molecule has 0 saturated carbocycles. The third kappa shape index (κ3) is 2.91. The van der Waals surface area contributed by atoms with E-state index in [0.29, 0.717) is 5.56 Å². The Morgan fingerprint density at radius 1 is 1.44 bits per heavy atom. The summed E-state index contributed by atoms with van der Waals surface area (Å²) in [5.74, 6) is -0.161. The van der Waals surface area contributed by atoms with Crippen LogP contribution in [0.2, 0.25) is 5.02 Å². The lowest BCUT2D eigenvalue weighted by molar-refractivity contribution is 0.544. The van der Waals surface area contributed by atoms with Gasteiger partial charge in [-0.25, -0.2) is 9.37 Å². The normalized spacial score (nSPS) is 12.6. The number of halogens is 2. The molecule has 2 nitrogen and oxygen atoms in total. The maximum absolute atomic E-state index is 14.0. The summed E-state index contributed by atoms with van der Waals surface area (Å²) in [4.78, 5) is 7.06. The van der Waals surface area contributed by atoms with Crippen LogP contribution in [-0.4, -0.2) is 9.97 Å². The fraction of sp³-hybridized carbons (Fsp3) is 0.357. The van der Waals surface area contributed by atoms with Crippen molar-refractivity contribution in [3.05, 3.63) is 52.8 Å². The van der Waals surface area contributed by atoms with E-state index in [2.05, 4.69) is 16.9 Å². The summed E-state index contributed by atoms with van der Waals surface area (Å²) in [6, 6.07) is 5.20. The molecule has 0 saturated heterocycles. The van der Waals surface area contributed by atoms with Crippen LogP contribution in [0.5, 0.6) is 0 Å². The summed E-state index contributed by atoms with van der Waals surface area (Å²) in [6.45, 7) is 2.10. The zero-order valence-electron chi connectivity index (χ0n) is 10.3. The molecule has 2 rings (SSSR count). The maximum Gasteiger partial charge on any atom is 0.145 e. The molecule has 0 amide bonds. The predicted molar refractivity (Wildman–Crippen MR) is 71.4 cm³/mol.